The van der Waals surface area contributed by atoms with E-state index in [0.717, 1.165) is 16.6 Å². The van der Waals surface area contributed by atoms with Crippen molar-refractivity contribution < 1.29 is 14.0 Å². The Kier molecular flexibility index (Phi) is 4.42. The number of aryl methyl sites for hydroxylation is 1. The van der Waals surface area contributed by atoms with Gasteiger partial charge < -0.3 is 5.32 Å². The Morgan fingerprint density at radius 3 is 3.04 bits per heavy atom. The van der Waals surface area contributed by atoms with Crippen LogP contribution in [0.2, 0.25) is 0 Å². The van der Waals surface area contributed by atoms with Crippen molar-refractivity contribution >= 4 is 34.3 Å². The number of amides is 1. The van der Waals surface area contributed by atoms with Crippen molar-refractivity contribution in [2.75, 3.05) is 11.1 Å². The predicted octanol–water partition coefficient (Wildman–Crippen LogP) is 1.46. The van der Waals surface area contributed by atoms with Crippen LogP contribution in [0.3, 0.4) is 0 Å². The summed E-state index contributed by atoms with van der Waals surface area (Å²) in [6, 6.07) is 9.34. The van der Waals surface area contributed by atoms with Gasteiger partial charge in [0.1, 0.15) is 0 Å². The first-order chi connectivity index (χ1) is 11.1. The lowest BCUT2D eigenvalue weighted by atomic mass is 10.2. The molecule has 8 heteroatoms. The van der Waals surface area contributed by atoms with E-state index in [0.29, 0.717) is 10.8 Å². The monoisotopic (exact) mass is 331 g/mol. The molecule has 3 rings (SSSR count). The maximum atomic E-state index is 12.1. The molecule has 23 heavy (non-hydrogen) atoms. The van der Waals surface area contributed by atoms with Crippen LogP contribution in [0.15, 0.2) is 50.9 Å². The molecule has 0 aliphatic carbocycles. The highest BCUT2D eigenvalue weighted by atomic mass is 32.2. The summed E-state index contributed by atoms with van der Waals surface area (Å²) in [5, 5.41) is 6.66. The van der Waals surface area contributed by atoms with Crippen LogP contribution < -0.4 is 15.6 Å². The molecule has 0 saturated heterocycles. The molecule has 3 aromatic rings. The quantitative estimate of drug-likeness (QED) is 0.545. The van der Waals surface area contributed by atoms with E-state index in [2.05, 4.69) is 20.1 Å². The lowest BCUT2D eigenvalue weighted by Gasteiger charge is -2.07. The fourth-order valence-corrected chi connectivity index (χ4v) is 3.02. The standard InChI is InChI=1S/C15H14N4O3S/c1-19-14(15(21)22-18-19)23-9-7-13(20)17-12-6-2-5-11-10(12)4-3-8-16-11/h2-6,8H,7,9H2,1H3,(H-,16,17,18,20,21)/p+1. The van der Waals surface area contributed by atoms with Crippen LogP contribution in [0.5, 0.6) is 0 Å². The number of aromatic nitrogens is 3. The van der Waals surface area contributed by atoms with E-state index in [9.17, 15) is 9.59 Å². The first kappa shape index (κ1) is 15.3. The summed E-state index contributed by atoms with van der Waals surface area (Å²) in [6.45, 7) is 0. The molecular formula is C15H15N4O3S+. The molecule has 0 unspecified atom stereocenters. The third-order valence-electron chi connectivity index (χ3n) is 3.24. The van der Waals surface area contributed by atoms with Gasteiger partial charge in [0.25, 0.3) is 0 Å². The van der Waals surface area contributed by atoms with E-state index in [1.54, 1.807) is 13.2 Å². The van der Waals surface area contributed by atoms with Crippen LogP contribution in [0.1, 0.15) is 6.42 Å². The zero-order valence-electron chi connectivity index (χ0n) is 12.4. The van der Waals surface area contributed by atoms with Crippen LogP contribution in [0.4, 0.5) is 5.69 Å². The fraction of sp³-hybridized carbons (Fsp3) is 0.200. The number of hydrogen-bond acceptors (Lipinski definition) is 5. The molecule has 1 aromatic carbocycles. The third kappa shape index (κ3) is 3.42. The van der Waals surface area contributed by atoms with Gasteiger partial charge in [-0.1, -0.05) is 10.7 Å². The third-order valence-corrected chi connectivity index (χ3v) is 4.36. The van der Waals surface area contributed by atoms with Gasteiger partial charge in [0.05, 0.1) is 11.2 Å². The minimum absolute atomic E-state index is 0.114. The molecule has 0 aliphatic rings. The average Bonchev–Trinajstić information content (AvgIpc) is 2.87. The molecule has 118 valence electrons. The van der Waals surface area contributed by atoms with E-state index in [-0.39, 0.29) is 12.3 Å². The van der Waals surface area contributed by atoms with E-state index in [1.807, 2.05) is 30.3 Å². The number of fused-ring (bicyclic) bond motifs is 1. The van der Waals surface area contributed by atoms with Crippen LogP contribution in [0, 0.1) is 0 Å². The van der Waals surface area contributed by atoms with Gasteiger partial charge in [-0.05, 0) is 41.3 Å². The molecule has 0 aliphatic heterocycles. The van der Waals surface area contributed by atoms with Gasteiger partial charge >= 0.3 is 10.7 Å². The Morgan fingerprint density at radius 1 is 1.39 bits per heavy atom. The van der Waals surface area contributed by atoms with Crippen LogP contribution in [0.25, 0.3) is 10.9 Å². The Bertz CT molecular complexity index is 898. The number of carbonyl (C=O) groups excluding carboxylic acids is 1. The van der Waals surface area contributed by atoms with Crippen molar-refractivity contribution in [3.8, 4) is 0 Å². The van der Waals surface area contributed by atoms with E-state index >= 15 is 0 Å². The fourth-order valence-electron chi connectivity index (χ4n) is 2.15. The van der Waals surface area contributed by atoms with Crippen LogP contribution in [-0.4, -0.2) is 21.9 Å². The number of aromatic amines is 1. The Balaban J connectivity index is 1.62. The van der Waals surface area contributed by atoms with E-state index < -0.39 is 5.63 Å². The molecule has 2 N–H and O–H groups in total. The second-order valence-electron chi connectivity index (χ2n) is 4.87. The van der Waals surface area contributed by atoms with Crippen LogP contribution in [-0.2, 0) is 11.8 Å². The van der Waals surface area contributed by atoms with Gasteiger partial charge in [-0.3, -0.25) is 14.3 Å². The number of thioether (sulfide) groups is 1. The van der Waals surface area contributed by atoms with Crippen molar-refractivity contribution in [3.63, 3.8) is 0 Å². The Hall–Kier alpha value is -2.61. The zero-order valence-corrected chi connectivity index (χ0v) is 13.2. The summed E-state index contributed by atoms with van der Waals surface area (Å²) >= 11 is 1.28. The maximum absolute atomic E-state index is 12.1. The first-order valence-corrected chi connectivity index (χ1v) is 7.97. The van der Waals surface area contributed by atoms with Crippen molar-refractivity contribution in [2.24, 2.45) is 7.05 Å². The highest BCUT2D eigenvalue weighted by molar-refractivity contribution is 7.99. The highest BCUT2D eigenvalue weighted by Crippen LogP contribution is 2.21. The summed E-state index contributed by atoms with van der Waals surface area (Å²) in [7, 11) is 1.68. The number of pyridine rings is 1. The zero-order chi connectivity index (χ0) is 16.2. The number of hydrogen-bond donors (Lipinski definition) is 2. The Morgan fingerprint density at radius 2 is 2.26 bits per heavy atom. The molecule has 0 fully saturated rings. The first-order valence-electron chi connectivity index (χ1n) is 6.99. The molecule has 0 saturated carbocycles. The number of nitrogens with one attached hydrogen (secondary N) is 2. The number of H-pyrrole nitrogens is 1. The summed E-state index contributed by atoms with van der Waals surface area (Å²) in [5.74, 6) is 0.363. The van der Waals surface area contributed by atoms with E-state index in [4.69, 9.17) is 0 Å². The van der Waals surface area contributed by atoms with Crippen molar-refractivity contribution in [1.29, 1.82) is 0 Å². The van der Waals surface area contributed by atoms with Gasteiger partial charge in [-0.15, -0.1) is 0 Å². The molecule has 2 aromatic heterocycles. The van der Waals surface area contributed by atoms with E-state index in [1.165, 1.54) is 16.4 Å². The number of anilines is 1. The number of rotatable bonds is 5. The van der Waals surface area contributed by atoms with Gasteiger partial charge in [-0.2, -0.15) is 0 Å². The summed E-state index contributed by atoms with van der Waals surface area (Å²) in [6.07, 6.45) is 2.00. The lowest BCUT2D eigenvalue weighted by molar-refractivity contribution is -0.772. The number of carbonyl (C=O) groups is 1. The summed E-state index contributed by atoms with van der Waals surface area (Å²) in [4.78, 5) is 27.8. The van der Waals surface area contributed by atoms with Gasteiger partial charge in [-0.25, -0.2) is 4.79 Å². The van der Waals surface area contributed by atoms with Crippen molar-refractivity contribution in [3.05, 3.63) is 46.9 Å². The molecule has 0 atom stereocenters. The largest absolute Gasteiger partial charge is 0.441 e. The summed E-state index contributed by atoms with van der Waals surface area (Å²) in [5.41, 5.74) is 1.13. The smallest absolute Gasteiger partial charge is 0.325 e. The van der Waals surface area contributed by atoms with Crippen molar-refractivity contribution in [1.82, 2.24) is 10.3 Å². The SMILES string of the molecule is C[n+]1[nH]oc(=O)c1SCCC(=O)Nc1cccc2ncccc12. The highest BCUT2D eigenvalue weighted by Gasteiger charge is 2.18. The molecule has 7 nitrogen and oxygen atoms in total. The van der Waals surface area contributed by atoms with Gasteiger partial charge in [0.15, 0.2) is 7.05 Å². The van der Waals surface area contributed by atoms with Crippen LogP contribution >= 0.6 is 11.8 Å². The summed E-state index contributed by atoms with van der Waals surface area (Å²) < 4.78 is 6.14. The minimum Gasteiger partial charge on any atom is -0.325 e. The van der Waals surface area contributed by atoms with Gasteiger partial charge in [0.2, 0.25) is 5.91 Å². The topological polar surface area (TPSA) is 91.9 Å². The second kappa shape index (κ2) is 6.66. The molecule has 2 heterocycles. The molecule has 0 bridgehead atoms. The molecule has 0 spiro atoms. The maximum Gasteiger partial charge on any atom is 0.441 e. The normalized spacial score (nSPS) is 10.8. The minimum atomic E-state index is -0.432. The Labute approximate surface area is 135 Å². The lowest BCUT2D eigenvalue weighted by Crippen LogP contribution is -2.33. The second-order valence-corrected chi connectivity index (χ2v) is 5.95. The van der Waals surface area contributed by atoms with Gasteiger partial charge in [0, 0.05) is 23.8 Å². The number of benzene rings is 1. The predicted molar refractivity (Wildman–Crippen MR) is 86.2 cm³/mol. The molecule has 0 radical (unpaired) electrons. The number of nitrogens with zero attached hydrogens (tertiary/aromatic N) is 2. The molecular weight excluding hydrogens is 316 g/mol. The average molecular weight is 331 g/mol. The van der Waals surface area contributed by atoms with Crippen molar-refractivity contribution in [2.45, 2.75) is 11.4 Å². The molecule has 1 amide bonds.